The smallest absolute Gasteiger partial charge is 0.543 e. The first-order chi connectivity index (χ1) is 18.5. The summed E-state index contributed by atoms with van der Waals surface area (Å²) in [6.45, 7) is 0. The van der Waals surface area contributed by atoms with Crippen LogP contribution in [0.3, 0.4) is 0 Å². The van der Waals surface area contributed by atoms with Gasteiger partial charge in [-0.1, -0.05) is 0 Å². The van der Waals surface area contributed by atoms with Gasteiger partial charge in [0.2, 0.25) is 0 Å². The van der Waals surface area contributed by atoms with E-state index >= 15 is 0 Å². The van der Waals surface area contributed by atoms with Crippen molar-refractivity contribution >= 4 is 53.1 Å². The van der Waals surface area contributed by atoms with E-state index in [1.165, 1.54) is 0 Å². The van der Waals surface area contributed by atoms with Gasteiger partial charge in [-0.25, -0.2) is 0 Å². The van der Waals surface area contributed by atoms with Crippen LogP contribution in [0.25, 0.3) is 0 Å². The van der Waals surface area contributed by atoms with Crippen LogP contribution in [-0.2, 0) is 0 Å². The molecule has 0 aliphatic carbocycles. The number of aromatic amines is 3. The Morgan fingerprint density at radius 3 is 0.905 bits per heavy atom. The number of rotatable bonds is 9. The van der Waals surface area contributed by atoms with Gasteiger partial charge in [-0.05, 0) is 18.2 Å². The van der Waals surface area contributed by atoms with Gasteiger partial charge in [0.15, 0.2) is 17.5 Å². The topological polar surface area (TPSA) is 294 Å². The van der Waals surface area contributed by atoms with Crippen molar-refractivity contribution in [3.63, 3.8) is 0 Å². The zero-order valence-electron chi connectivity index (χ0n) is 22.0. The summed E-state index contributed by atoms with van der Waals surface area (Å²) in [5.41, 5.74) is -2.07. The van der Waals surface area contributed by atoms with Gasteiger partial charge in [-0.2, -0.15) is 15.3 Å². The summed E-state index contributed by atoms with van der Waals surface area (Å²) in [6.07, 6.45) is 0. The van der Waals surface area contributed by atoms with Gasteiger partial charge in [-0.3, -0.25) is 29.7 Å². The molecule has 4 rings (SSSR count). The van der Waals surface area contributed by atoms with Crippen LogP contribution in [0, 0.1) is 0 Å². The Balaban J connectivity index is 0.00000294. The third-order valence-electron chi connectivity index (χ3n) is 4.84. The zero-order chi connectivity index (χ0) is 28.3. The fourth-order valence-corrected chi connectivity index (χ4v) is 3.06. The second-order valence-corrected chi connectivity index (χ2v) is 7.52. The Kier molecular flexibility index (Phi) is 15.8. The Bertz CT molecular complexity index is 1460. The summed E-state index contributed by atoms with van der Waals surface area (Å²) in [5.74, 6) is -8.11. The molecular weight excluding hydrogens is 640 g/mol. The van der Waals surface area contributed by atoms with E-state index in [0.717, 1.165) is 36.4 Å². The molecule has 0 unspecified atom stereocenters. The standard InChI is InChI=1S/C21H15N9O9.3K/c31-16(22-13-4-10(19(34)35)25-28-13)7-1-8(17(32)23-14-5-11(20(36)37)26-29-14)3-9(2-7)18(33)24-15-6-12(21(38)39)27-30-15;;;/h1-6H,(H,34,35)(H,36,37)(H,38,39)(H2,22,25,28,31)(H2,23,26,29,32)(H2,24,27,30,33);;;/q;3*+1/p-3. The molecule has 198 valence electrons. The maximum Gasteiger partial charge on any atom is 1.00 e. The van der Waals surface area contributed by atoms with Crippen LogP contribution < -0.4 is 185 Å². The molecule has 0 radical (unpaired) electrons. The zero-order valence-corrected chi connectivity index (χ0v) is 31.3. The number of hydrogen-bond acceptors (Lipinski definition) is 12. The van der Waals surface area contributed by atoms with E-state index in [2.05, 4.69) is 46.5 Å². The number of carboxylic acids is 3. The minimum atomic E-state index is -1.58. The van der Waals surface area contributed by atoms with Gasteiger partial charge in [0.05, 0.1) is 35.0 Å². The molecule has 1 aromatic carbocycles. The van der Waals surface area contributed by atoms with Crippen molar-refractivity contribution in [2.75, 3.05) is 16.0 Å². The van der Waals surface area contributed by atoms with E-state index < -0.39 is 52.7 Å². The number of carbonyl (C=O) groups excluding carboxylic acids is 6. The third-order valence-corrected chi connectivity index (χ3v) is 4.84. The van der Waals surface area contributed by atoms with Crippen LogP contribution in [-0.4, -0.2) is 66.2 Å². The minimum Gasteiger partial charge on any atom is -0.543 e. The van der Waals surface area contributed by atoms with Gasteiger partial charge >= 0.3 is 154 Å². The van der Waals surface area contributed by atoms with Crippen molar-refractivity contribution in [1.29, 1.82) is 0 Å². The molecular formula is C21H12K3N9O9. The van der Waals surface area contributed by atoms with Gasteiger partial charge < -0.3 is 45.7 Å². The molecule has 3 amide bonds. The van der Waals surface area contributed by atoms with E-state index in [9.17, 15) is 44.1 Å². The summed E-state index contributed by atoms with van der Waals surface area (Å²) in [5, 5.41) is 56.8. The van der Waals surface area contributed by atoms with Gasteiger partial charge in [-0.15, -0.1) is 0 Å². The van der Waals surface area contributed by atoms with Crippen LogP contribution in [0.4, 0.5) is 17.5 Å². The van der Waals surface area contributed by atoms with Crippen LogP contribution in [0.1, 0.15) is 62.5 Å². The maximum atomic E-state index is 12.8. The van der Waals surface area contributed by atoms with Crippen LogP contribution >= 0.6 is 0 Å². The number of aromatic nitrogens is 6. The van der Waals surface area contributed by atoms with Crippen molar-refractivity contribution in [1.82, 2.24) is 30.6 Å². The first kappa shape index (κ1) is 38.6. The Morgan fingerprint density at radius 2 is 0.714 bits per heavy atom. The third kappa shape index (κ3) is 10.1. The van der Waals surface area contributed by atoms with Crippen molar-refractivity contribution in [3.05, 3.63) is 70.2 Å². The molecule has 0 fully saturated rings. The molecule has 0 atom stereocenters. The van der Waals surface area contributed by atoms with Crippen molar-refractivity contribution in [2.24, 2.45) is 0 Å². The van der Waals surface area contributed by atoms with Crippen LogP contribution in [0.5, 0.6) is 0 Å². The monoisotopic (exact) mass is 651 g/mol. The molecule has 0 bridgehead atoms. The van der Waals surface area contributed by atoms with Gasteiger partial charge in [0.1, 0.15) is 0 Å². The fraction of sp³-hybridized carbons (Fsp3) is 0. The van der Waals surface area contributed by atoms with Crippen molar-refractivity contribution in [3.8, 4) is 0 Å². The van der Waals surface area contributed by atoms with E-state index in [1.807, 2.05) is 0 Å². The van der Waals surface area contributed by atoms with Crippen molar-refractivity contribution in [2.45, 2.75) is 0 Å². The number of anilines is 3. The summed E-state index contributed by atoms with van der Waals surface area (Å²) >= 11 is 0. The molecule has 4 aromatic rings. The first-order valence-electron chi connectivity index (χ1n) is 10.4. The van der Waals surface area contributed by atoms with E-state index in [-0.39, 0.29) is 188 Å². The number of H-pyrrole nitrogens is 3. The molecule has 3 heterocycles. The molecule has 42 heavy (non-hydrogen) atoms. The Hall–Kier alpha value is -1.42. The fourth-order valence-electron chi connectivity index (χ4n) is 3.06. The second-order valence-electron chi connectivity index (χ2n) is 7.52. The first-order valence-corrected chi connectivity index (χ1v) is 10.4. The number of nitrogens with one attached hydrogen (secondary N) is 6. The molecule has 0 spiro atoms. The van der Waals surface area contributed by atoms with Crippen LogP contribution in [0.15, 0.2) is 36.4 Å². The molecule has 0 saturated heterocycles. The van der Waals surface area contributed by atoms with E-state index in [1.54, 1.807) is 0 Å². The van der Waals surface area contributed by atoms with Crippen molar-refractivity contribution < 1.29 is 198 Å². The van der Waals surface area contributed by atoms with E-state index in [0.29, 0.717) is 0 Å². The molecule has 6 N–H and O–H groups in total. The summed E-state index contributed by atoms with van der Waals surface area (Å²) in [7, 11) is 0. The number of benzene rings is 1. The molecule has 21 heteroatoms. The molecule has 3 aromatic heterocycles. The van der Waals surface area contributed by atoms with E-state index in [4.69, 9.17) is 0 Å². The van der Waals surface area contributed by atoms with Crippen LogP contribution in [0.2, 0.25) is 0 Å². The molecule has 18 nitrogen and oxygen atoms in total. The predicted octanol–water partition coefficient (Wildman–Crippen LogP) is -12.3. The second kappa shape index (κ2) is 17.2. The predicted molar refractivity (Wildman–Crippen MR) is 119 cm³/mol. The largest absolute Gasteiger partial charge is 1.00 e. The number of nitrogens with zero attached hydrogens (tertiary/aromatic N) is 3. The average molecular weight is 652 g/mol. The molecule has 0 aliphatic rings. The summed E-state index contributed by atoms with van der Waals surface area (Å²) in [4.78, 5) is 71.3. The average Bonchev–Trinajstić information content (AvgIpc) is 3.65. The Morgan fingerprint density at radius 1 is 0.476 bits per heavy atom. The SMILES string of the molecule is O=C(Nc1cc(C(=O)[O-])[nH]n1)c1cc(C(=O)Nc2cc(C(=O)[O-])[nH]n2)cc(C(=O)Nc2cc(C(=O)[O-])[nH]n2)c1.[K+].[K+].[K+]. The number of carboxylic acid groups (broad SMARTS) is 3. The number of amides is 3. The maximum absolute atomic E-state index is 12.8. The summed E-state index contributed by atoms with van der Waals surface area (Å²) in [6, 6.07) is 6.12. The molecule has 0 aliphatic heterocycles. The Labute approximate surface area is 361 Å². The minimum absolute atomic E-state index is 0. The van der Waals surface area contributed by atoms with Gasteiger partial charge in [0.25, 0.3) is 17.7 Å². The number of hydrogen-bond donors (Lipinski definition) is 6. The summed E-state index contributed by atoms with van der Waals surface area (Å²) < 4.78 is 0. The quantitative estimate of drug-likeness (QED) is 0.0920. The number of carbonyl (C=O) groups is 6. The van der Waals surface area contributed by atoms with Gasteiger partial charge in [0, 0.05) is 34.9 Å². The number of aromatic carboxylic acids is 3. The molecule has 0 saturated carbocycles. The normalized spacial score (nSPS) is 9.71.